The molecular weight excluding hydrogens is 248 g/mol. The van der Waals surface area contributed by atoms with Crippen molar-refractivity contribution in [3.8, 4) is 0 Å². The van der Waals surface area contributed by atoms with Gasteiger partial charge in [-0.1, -0.05) is 32.9 Å². The highest BCUT2D eigenvalue weighted by Gasteiger charge is 2.26. The molecule has 3 heteroatoms. The molecular formula is C17H26N2O. The number of hydrogen-bond acceptors (Lipinski definition) is 2. The molecule has 0 aliphatic carbocycles. The first-order chi connectivity index (χ1) is 9.27. The summed E-state index contributed by atoms with van der Waals surface area (Å²) in [6.07, 6.45) is 0. The van der Waals surface area contributed by atoms with E-state index in [0.717, 1.165) is 25.2 Å². The van der Waals surface area contributed by atoms with Gasteiger partial charge in [0.1, 0.15) is 0 Å². The Hall–Kier alpha value is -1.35. The number of hydrogen-bond donors (Lipinski definition) is 0. The second kappa shape index (κ2) is 5.57. The maximum atomic E-state index is 12.4. The zero-order valence-corrected chi connectivity index (χ0v) is 13.3. The van der Waals surface area contributed by atoms with Gasteiger partial charge in [0.05, 0.1) is 0 Å². The lowest BCUT2D eigenvalue weighted by Gasteiger charge is -2.38. The third-order valence-electron chi connectivity index (χ3n) is 4.02. The summed E-state index contributed by atoms with van der Waals surface area (Å²) >= 11 is 0. The smallest absolute Gasteiger partial charge is 0.253 e. The van der Waals surface area contributed by atoms with E-state index in [1.165, 1.54) is 5.56 Å². The van der Waals surface area contributed by atoms with E-state index in [-0.39, 0.29) is 11.3 Å². The van der Waals surface area contributed by atoms with Crippen LogP contribution in [0.25, 0.3) is 0 Å². The minimum Gasteiger partial charge on any atom is -0.341 e. The summed E-state index contributed by atoms with van der Waals surface area (Å²) in [6, 6.07) is 8.04. The molecule has 0 aromatic heterocycles. The Morgan fingerprint density at radius 1 is 1.25 bits per heavy atom. The second-order valence-electron chi connectivity index (χ2n) is 7.10. The molecule has 0 N–H and O–H groups in total. The molecule has 2 rings (SSSR count). The zero-order chi connectivity index (χ0) is 14.9. The molecule has 0 saturated carbocycles. The standard InChI is InChI=1S/C17H26N2O/c1-17(2,3)15-8-6-14(7-9-15)16(20)19(5)12-13-10-18(4)11-13/h6-9,13H,10-12H2,1-5H3. The molecule has 1 aromatic rings. The minimum atomic E-state index is 0.125. The summed E-state index contributed by atoms with van der Waals surface area (Å²) in [5.74, 6) is 0.753. The largest absolute Gasteiger partial charge is 0.341 e. The fourth-order valence-corrected chi connectivity index (χ4v) is 2.75. The molecule has 0 spiro atoms. The fourth-order valence-electron chi connectivity index (χ4n) is 2.75. The van der Waals surface area contributed by atoms with E-state index in [1.54, 1.807) is 0 Å². The third kappa shape index (κ3) is 3.40. The maximum Gasteiger partial charge on any atom is 0.253 e. The third-order valence-corrected chi connectivity index (χ3v) is 4.02. The number of rotatable bonds is 3. The lowest BCUT2D eigenvalue weighted by atomic mass is 9.86. The van der Waals surface area contributed by atoms with Crippen LogP contribution in [0.4, 0.5) is 0 Å². The predicted molar refractivity (Wildman–Crippen MR) is 83.1 cm³/mol. The fraction of sp³-hybridized carbons (Fsp3) is 0.588. The number of nitrogens with zero attached hydrogens (tertiary/aromatic N) is 2. The molecule has 110 valence electrons. The van der Waals surface area contributed by atoms with Crippen LogP contribution in [0.5, 0.6) is 0 Å². The molecule has 0 radical (unpaired) electrons. The molecule has 20 heavy (non-hydrogen) atoms. The zero-order valence-electron chi connectivity index (χ0n) is 13.3. The highest BCUT2D eigenvalue weighted by Crippen LogP contribution is 2.22. The average Bonchev–Trinajstić information content (AvgIpc) is 2.35. The van der Waals surface area contributed by atoms with Gasteiger partial charge in [-0.15, -0.1) is 0 Å². The topological polar surface area (TPSA) is 23.6 Å². The summed E-state index contributed by atoms with van der Waals surface area (Å²) < 4.78 is 0. The number of likely N-dealkylation sites (tertiary alicyclic amines) is 1. The summed E-state index contributed by atoms with van der Waals surface area (Å²) in [5, 5.41) is 0. The first-order valence-corrected chi connectivity index (χ1v) is 7.32. The van der Waals surface area contributed by atoms with Crippen molar-refractivity contribution in [2.45, 2.75) is 26.2 Å². The van der Waals surface area contributed by atoms with Crippen LogP contribution in [0.15, 0.2) is 24.3 Å². The molecule has 0 atom stereocenters. The summed E-state index contributed by atoms with van der Waals surface area (Å²) in [7, 11) is 4.02. The molecule has 1 saturated heterocycles. The summed E-state index contributed by atoms with van der Waals surface area (Å²) in [5.41, 5.74) is 2.18. The molecule has 3 nitrogen and oxygen atoms in total. The minimum absolute atomic E-state index is 0.125. The number of carbonyl (C=O) groups excluding carboxylic acids is 1. The van der Waals surface area contributed by atoms with E-state index in [0.29, 0.717) is 5.92 Å². The predicted octanol–water partition coefficient (Wildman–Crippen LogP) is 2.62. The van der Waals surface area contributed by atoms with Crippen LogP contribution in [0.3, 0.4) is 0 Å². The van der Waals surface area contributed by atoms with Crippen LogP contribution in [-0.2, 0) is 5.41 Å². The molecule has 1 fully saturated rings. The lowest BCUT2D eigenvalue weighted by molar-refractivity contribution is 0.0646. The van der Waals surface area contributed by atoms with Crippen molar-refractivity contribution in [2.24, 2.45) is 5.92 Å². The van der Waals surface area contributed by atoms with Crippen LogP contribution in [-0.4, -0.2) is 49.4 Å². The number of carbonyl (C=O) groups is 1. The van der Waals surface area contributed by atoms with E-state index in [4.69, 9.17) is 0 Å². The SMILES string of the molecule is CN1CC(CN(C)C(=O)c2ccc(C(C)(C)C)cc2)C1. The second-order valence-corrected chi connectivity index (χ2v) is 7.10. The van der Waals surface area contributed by atoms with Crippen molar-refractivity contribution in [3.63, 3.8) is 0 Å². The van der Waals surface area contributed by atoms with Crippen LogP contribution >= 0.6 is 0 Å². The highest BCUT2D eigenvalue weighted by atomic mass is 16.2. The lowest BCUT2D eigenvalue weighted by Crippen LogP contribution is -2.49. The van der Waals surface area contributed by atoms with Gasteiger partial charge in [0.2, 0.25) is 0 Å². The van der Waals surface area contributed by atoms with Crippen molar-refractivity contribution in [1.29, 1.82) is 0 Å². The first kappa shape index (κ1) is 15.0. The van der Waals surface area contributed by atoms with Gasteiger partial charge in [-0.25, -0.2) is 0 Å². The molecule has 1 aliphatic rings. The quantitative estimate of drug-likeness (QED) is 0.846. The van der Waals surface area contributed by atoms with E-state index in [9.17, 15) is 4.79 Å². The Kier molecular flexibility index (Phi) is 4.19. The van der Waals surface area contributed by atoms with Crippen molar-refractivity contribution >= 4 is 5.91 Å². The number of benzene rings is 1. The molecule has 1 heterocycles. The van der Waals surface area contributed by atoms with E-state index in [2.05, 4.69) is 44.9 Å². The van der Waals surface area contributed by atoms with Gasteiger partial charge in [-0.3, -0.25) is 4.79 Å². The highest BCUT2D eigenvalue weighted by molar-refractivity contribution is 5.94. The Balaban J connectivity index is 1.98. The first-order valence-electron chi connectivity index (χ1n) is 7.32. The molecule has 1 aromatic carbocycles. The average molecular weight is 274 g/mol. The molecule has 0 bridgehead atoms. The normalized spacial score (nSPS) is 16.9. The maximum absolute atomic E-state index is 12.4. The van der Waals surface area contributed by atoms with Gasteiger partial charge < -0.3 is 9.80 Å². The Morgan fingerprint density at radius 2 is 1.80 bits per heavy atom. The van der Waals surface area contributed by atoms with Gasteiger partial charge in [0.15, 0.2) is 0 Å². The van der Waals surface area contributed by atoms with Crippen molar-refractivity contribution in [1.82, 2.24) is 9.80 Å². The van der Waals surface area contributed by atoms with Crippen molar-refractivity contribution < 1.29 is 4.79 Å². The van der Waals surface area contributed by atoms with Gasteiger partial charge in [-0.05, 0) is 30.2 Å². The molecule has 1 amide bonds. The van der Waals surface area contributed by atoms with Gasteiger partial charge in [-0.2, -0.15) is 0 Å². The molecule has 0 unspecified atom stereocenters. The van der Waals surface area contributed by atoms with Crippen LogP contribution in [0.2, 0.25) is 0 Å². The van der Waals surface area contributed by atoms with E-state index < -0.39 is 0 Å². The van der Waals surface area contributed by atoms with Crippen LogP contribution < -0.4 is 0 Å². The monoisotopic (exact) mass is 274 g/mol. The Labute approximate surface area is 122 Å². The van der Waals surface area contributed by atoms with Crippen molar-refractivity contribution in [2.75, 3.05) is 33.7 Å². The summed E-state index contributed by atoms with van der Waals surface area (Å²) in [6.45, 7) is 9.60. The summed E-state index contributed by atoms with van der Waals surface area (Å²) in [4.78, 5) is 16.5. The van der Waals surface area contributed by atoms with E-state index in [1.807, 2.05) is 24.1 Å². The van der Waals surface area contributed by atoms with Gasteiger partial charge in [0, 0.05) is 38.2 Å². The van der Waals surface area contributed by atoms with E-state index >= 15 is 0 Å². The van der Waals surface area contributed by atoms with Crippen LogP contribution in [0.1, 0.15) is 36.7 Å². The van der Waals surface area contributed by atoms with Gasteiger partial charge >= 0.3 is 0 Å². The molecule has 1 aliphatic heterocycles. The Bertz CT molecular complexity index is 467. The van der Waals surface area contributed by atoms with Crippen LogP contribution in [0, 0.1) is 5.92 Å². The van der Waals surface area contributed by atoms with Crippen molar-refractivity contribution in [3.05, 3.63) is 35.4 Å². The number of amides is 1. The van der Waals surface area contributed by atoms with Gasteiger partial charge in [0.25, 0.3) is 5.91 Å². The Morgan fingerprint density at radius 3 is 2.25 bits per heavy atom.